The molecule has 0 amide bonds. The first-order chi connectivity index (χ1) is 11.4. The maximum Gasteiger partial charge on any atom is 0.159 e. The molecule has 0 saturated carbocycles. The Morgan fingerprint density at radius 3 is 2.26 bits per heavy atom. The van der Waals surface area contributed by atoms with E-state index in [0.717, 1.165) is 28.1 Å². The van der Waals surface area contributed by atoms with E-state index in [-0.39, 0.29) is 0 Å². The van der Waals surface area contributed by atoms with Crippen LogP contribution in [0.25, 0.3) is 33.9 Å². The molecule has 0 atom stereocenters. The molecule has 0 unspecified atom stereocenters. The van der Waals surface area contributed by atoms with Gasteiger partial charge in [0.15, 0.2) is 5.82 Å². The molecule has 5 nitrogen and oxygen atoms in total. The van der Waals surface area contributed by atoms with Crippen LogP contribution in [0.4, 0.5) is 0 Å². The van der Waals surface area contributed by atoms with Crippen LogP contribution in [0, 0.1) is 0 Å². The lowest BCUT2D eigenvalue weighted by molar-refractivity contribution is 1.09. The average Bonchev–Trinajstić information content (AvgIpc) is 3.14. The van der Waals surface area contributed by atoms with Crippen LogP contribution in [-0.4, -0.2) is 25.1 Å². The number of pyridine rings is 1. The average molecular weight is 299 g/mol. The molecular formula is C18H13N5. The third kappa shape index (κ3) is 2.72. The van der Waals surface area contributed by atoms with E-state index in [2.05, 4.69) is 25.1 Å². The molecule has 0 spiro atoms. The molecule has 0 saturated heterocycles. The monoisotopic (exact) mass is 299 g/mol. The molecule has 0 fully saturated rings. The van der Waals surface area contributed by atoms with E-state index in [1.165, 1.54) is 0 Å². The van der Waals surface area contributed by atoms with Crippen molar-refractivity contribution in [3.05, 3.63) is 73.3 Å². The first-order valence-electron chi connectivity index (χ1n) is 7.24. The lowest BCUT2D eigenvalue weighted by Crippen LogP contribution is -1.89. The second-order valence-electron chi connectivity index (χ2n) is 5.07. The van der Waals surface area contributed by atoms with Crippen molar-refractivity contribution in [2.45, 2.75) is 0 Å². The Hall–Kier alpha value is -3.34. The third-order valence-corrected chi connectivity index (χ3v) is 3.53. The molecule has 0 aliphatic carbocycles. The van der Waals surface area contributed by atoms with E-state index in [1.807, 2.05) is 48.5 Å². The molecule has 23 heavy (non-hydrogen) atoms. The minimum absolute atomic E-state index is 0.706. The molecule has 4 aromatic rings. The summed E-state index contributed by atoms with van der Waals surface area (Å²) in [7, 11) is 0. The van der Waals surface area contributed by atoms with Gasteiger partial charge in [0, 0.05) is 41.5 Å². The highest BCUT2D eigenvalue weighted by molar-refractivity contribution is 5.67. The summed E-state index contributed by atoms with van der Waals surface area (Å²) in [4.78, 5) is 13.0. The number of rotatable bonds is 3. The number of hydrogen-bond donors (Lipinski definition) is 1. The summed E-state index contributed by atoms with van der Waals surface area (Å²) in [6.07, 6.45) is 7.13. The zero-order valence-electron chi connectivity index (χ0n) is 12.2. The molecule has 3 heterocycles. The van der Waals surface area contributed by atoms with Gasteiger partial charge in [0.1, 0.15) is 0 Å². The lowest BCUT2D eigenvalue weighted by Gasteiger charge is -2.00. The topological polar surface area (TPSA) is 67.3 Å². The van der Waals surface area contributed by atoms with Crippen molar-refractivity contribution in [1.82, 2.24) is 25.1 Å². The van der Waals surface area contributed by atoms with E-state index in [4.69, 9.17) is 0 Å². The SMILES string of the molecule is c1ccc(-c2ncc(-c3cc(-c4cccnc4)[nH]n3)cn2)cc1. The molecule has 110 valence electrons. The molecule has 0 bridgehead atoms. The Balaban J connectivity index is 1.63. The highest BCUT2D eigenvalue weighted by atomic mass is 15.1. The lowest BCUT2D eigenvalue weighted by atomic mass is 10.1. The summed E-state index contributed by atoms with van der Waals surface area (Å²) >= 11 is 0. The van der Waals surface area contributed by atoms with E-state index in [9.17, 15) is 0 Å². The molecule has 4 rings (SSSR count). The minimum Gasteiger partial charge on any atom is -0.277 e. The van der Waals surface area contributed by atoms with Gasteiger partial charge in [-0.15, -0.1) is 0 Å². The number of benzene rings is 1. The molecule has 0 aliphatic rings. The van der Waals surface area contributed by atoms with Gasteiger partial charge in [-0.3, -0.25) is 10.1 Å². The van der Waals surface area contributed by atoms with Crippen LogP contribution in [0.2, 0.25) is 0 Å². The van der Waals surface area contributed by atoms with Gasteiger partial charge in [0.2, 0.25) is 0 Å². The van der Waals surface area contributed by atoms with Gasteiger partial charge in [0.05, 0.1) is 11.4 Å². The summed E-state index contributed by atoms with van der Waals surface area (Å²) in [5.74, 6) is 0.706. The van der Waals surface area contributed by atoms with Crippen LogP contribution in [0.15, 0.2) is 73.3 Å². The van der Waals surface area contributed by atoms with Crippen molar-refractivity contribution in [2.75, 3.05) is 0 Å². The summed E-state index contributed by atoms with van der Waals surface area (Å²) in [5, 5.41) is 7.35. The maximum atomic E-state index is 4.43. The predicted octanol–water partition coefficient (Wildman–Crippen LogP) is 3.60. The largest absolute Gasteiger partial charge is 0.277 e. The quantitative estimate of drug-likeness (QED) is 0.627. The minimum atomic E-state index is 0.706. The number of hydrogen-bond acceptors (Lipinski definition) is 4. The normalized spacial score (nSPS) is 10.6. The second kappa shape index (κ2) is 5.81. The summed E-state index contributed by atoms with van der Waals surface area (Å²) in [6, 6.07) is 15.8. The maximum absolute atomic E-state index is 4.43. The fraction of sp³-hybridized carbons (Fsp3) is 0. The molecule has 5 heteroatoms. The van der Waals surface area contributed by atoms with Crippen molar-refractivity contribution >= 4 is 0 Å². The zero-order chi connectivity index (χ0) is 15.5. The highest BCUT2D eigenvalue weighted by Gasteiger charge is 2.07. The third-order valence-electron chi connectivity index (χ3n) is 3.53. The van der Waals surface area contributed by atoms with E-state index >= 15 is 0 Å². The number of aromatic amines is 1. The molecule has 0 aliphatic heterocycles. The first-order valence-corrected chi connectivity index (χ1v) is 7.24. The predicted molar refractivity (Wildman–Crippen MR) is 88.3 cm³/mol. The molecular weight excluding hydrogens is 286 g/mol. The van der Waals surface area contributed by atoms with Crippen molar-refractivity contribution < 1.29 is 0 Å². The standard InChI is InChI=1S/C18H13N5/c1-2-5-13(6-3-1)18-20-11-15(12-21-18)17-9-16(22-23-17)14-7-4-8-19-10-14/h1-12H,(H,22,23). The fourth-order valence-corrected chi connectivity index (χ4v) is 2.34. The van der Waals surface area contributed by atoms with Crippen molar-refractivity contribution in [3.8, 4) is 33.9 Å². The van der Waals surface area contributed by atoms with Crippen molar-refractivity contribution in [2.24, 2.45) is 0 Å². The summed E-state index contributed by atoms with van der Waals surface area (Å²) in [5.41, 5.74) is 4.59. The summed E-state index contributed by atoms with van der Waals surface area (Å²) < 4.78 is 0. The van der Waals surface area contributed by atoms with Gasteiger partial charge in [-0.2, -0.15) is 5.10 Å². The Morgan fingerprint density at radius 2 is 1.52 bits per heavy atom. The fourth-order valence-electron chi connectivity index (χ4n) is 2.34. The van der Waals surface area contributed by atoms with Gasteiger partial charge >= 0.3 is 0 Å². The molecule has 3 aromatic heterocycles. The Morgan fingerprint density at radius 1 is 0.739 bits per heavy atom. The second-order valence-corrected chi connectivity index (χ2v) is 5.07. The highest BCUT2D eigenvalue weighted by Crippen LogP contribution is 2.23. The van der Waals surface area contributed by atoms with Crippen LogP contribution in [0.1, 0.15) is 0 Å². The Kier molecular flexibility index (Phi) is 3.37. The van der Waals surface area contributed by atoms with E-state index in [1.54, 1.807) is 24.8 Å². The van der Waals surface area contributed by atoms with E-state index < -0.39 is 0 Å². The zero-order valence-corrected chi connectivity index (χ0v) is 12.2. The van der Waals surface area contributed by atoms with Crippen molar-refractivity contribution in [3.63, 3.8) is 0 Å². The summed E-state index contributed by atoms with van der Waals surface area (Å²) in [6.45, 7) is 0. The number of nitrogens with one attached hydrogen (secondary N) is 1. The van der Waals surface area contributed by atoms with Gasteiger partial charge in [-0.25, -0.2) is 9.97 Å². The van der Waals surface area contributed by atoms with Crippen LogP contribution in [0.3, 0.4) is 0 Å². The number of H-pyrrole nitrogens is 1. The Bertz CT molecular complexity index is 899. The number of aromatic nitrogens is 5. The Labute approximate surface area is 133 Å². The molecule has 1 N–H and O–H groups in total. The van der Waals surface area contributed by atoms with Crippen LogP contribution < -0.4 is 0 Å². The van der Waals surface area contributed by atoms with Gasteiger partial charge < -0.3 is 0 Å². The van der Waals surface area contributed by atoms with Gasteiger partial charge in [-0.05, 0) is 18.2 Å². The van der Waals surface area contributed by atoms with Crippen LogP contribution in [-0.2, 0) is 0 Å². The first kappa shape index (κ1) is 13.3. The molecule has 1 aromatic carbocycles. The van der Waals surface area contributed by atoms with E-state index in [0.29, 0.717) is 5.82 Å². The number of nitrogens with zero attached hydrogens (tertiary/aromatic N) is 4. The van der Waals surface area contributed by atoms with Gasteiger partial charge in [0.25, 0.3) is 0 Å². The molecule has 0 radical (unpaired) electrons. The smallest absolute Gasteiger partial charge is 0.159 e. The van der Waals surface area contributed by atoms with Crippen molar-refractivity contribution in [1.29, 1.82) is 0 Å². The van der Waals surface area contributed by atoms with Crippen LogP contribution >= 0.6 is 0 Å². The van der Waals surface area contributed by atoms with Gasteiger partial charge in [-0.1, -0.05) is 30.3 Å². The van der Waals surface area contributed by atoms with Crippen LogP contribution in [0.5, 0.6) is 0 Å².